The third-order valence-electron chi connectivity index (χ3n) is 0.805. The number of aliphatic hydroxyl groups excluding tert-OH is 2. The number of carboxylic acid groups (broad SMARTS) is 2. The van der Waals surface area contributed by atoms with Gasteiger partial charge >= 0.3 is 67.7 Å². The predicted octanol–water partition coefficient (Wildman–Crippen LogP) is -3.95. The molecule has 0 saturated heterocycles. The molecule has 0 amide bonds. The zero-order valence-electron chi connectivity index (χ0n) is 5.47. The number of hydrogen-bond acceptors (Lipinski definition) is 4. The zero-order chi connectivity index (χ0) is 8.31. The van der Waals surface area contributed by atoms with Crippen LogP contribution in [0.1, 0.15) is 0 Å². The number of carbonyl (C=O) groups is 2. The van der Waals surface area contributed by atoms with Crippen LogP contribution in [0.5, 0.6) is 0 Å². The molecule has 0 saturated carbocycles. The average molecular weight is 386 g/mol. The van der Waals surface area contributed by atoms with Crippen LogP contribution in [-0.4, -0.2) is 100 Å². The third-order valence-corrected chi connectivity index (χ3v) is 0.805. The van der Waals surface area contributed by atoms with E-state index in [2.05, 4.69) is 0 Å². The molecule has 12 heavy (non-hydrogen) atoms. The van der Waals surface area contributed by atoms with Gasteiger partial charge in [0.05, 0.1) is 0 Å². The molecule has 0 rings (SSSR count). The molecule has 0 aliphatic rings. The van der Waals surface area contributed by atoms with Gasteiger partial charge in [0, 0.05) is 0 Å². The van der Waals surface area contributed by atoms with Crippen LogP contribution in [0.4, 0.5) is 0 Å². The molecule has 0 aromatic rings. The number of carboxylic acids is 2. The Morgan fingerprint density at radius 1 is 0.917 bits per heavy atom. The summed E-state index contributed by atoms with van der Waals surface area (Å²) in [6.45, 7) is 0. The molecule has 0 aromatic carbocycles. The van der Waals surface area contributed by atoms with Gasteiger partial charge in [-0.2, -0.15) is 0 Å². The van der Waals surface area contributed by atoms with Crippen molar-refractivity contribution in [2.24, 2.45) is 0 Å². The van der Waals surface area contributed by atoms with E-state index in [4.69, 9.17) is 20.4 Å². The maximum absolute atomic E-state index is 9.77. The first kappa shape index (κ1) is 18.5. The third kappa shape index (κ3) is 6.28. The minimum atomic E-state index is -2.27. The van der Waals surface area contributed by atoms with Crippen LogP contribution in [0.25, 0.3) is 0 Å². The Bertz CT molecular complexity index is 144. The fraction of sp³-hybridized carbons (Fsp3) is 0.500. The van der Waals surface area contributed by atoms with Gasteiger partial charge in [-0.3, -0.25) is 0 Å². The zero-order valence-corrected chi connectivity index (χ0v) is 11.0. The van der Waals surface area contributed by atoms with Gasteiger partial charge in [0.25, 0.3) is 0 Å². The van der Waals surface area contributed by atoms with Gasteiger partial charge in [-0.15, -0.1) is 0 Å². The minimum absolute atomic E-state index is 0. The number of hydrogen-bond donors (Lipinski definition) is 4. The van der Waals surface area contributed by atoms with E-state index in [1.807, 2.05) is 0 Å². The van der Waals surface area contributed by atoms with Crippen LogP contribution < -0.4 is 0 Å². The van der Waals surface area contributed by atoms with Crippen molar-refractivity contribution in [3.8, 4) is 0 Å². The van der Waals surface area contributed by atoms with E-state index < -0.39 is 24.1 Å². The SMILES string of the molecule is O=C(O)C(O)C(O)C(=O)O.[BiH3].[NaH]. The van der Waals surface area contributed by atoms with Gasteiger partial charge in [-0.05, 0) is 0 Å². The van der Waals surface area contributed by atoms with Crippen LogP contribution in [0.2, 0.25) is 0 Å². The molecule has 6 nitrogen and oxygen atoms in total. The van der Waals surface area contributed by atoms with Crippen LogP contribution in [0.15, 0.2) is 0 Å². The summed E-state index contributed by atoms with van der Waals surface area (Å²) in [4.78, 5) is 19.5. The first-order chi connectivity index (χ1) is 4.46. The summed E-state index contributed by atoms with van der Waals surface area (Å²) in [5, 5.41) is 32.5. The van der Waals surface area contributed by atoms with Crippen molar-refractivity contribution in [2.75, 3.05) is 0 Å². The normalized spacial score (nSPS) is 13.2. The standard InChI is InChI=1S/C4H6O6.Bi.Na.4H/c5-1(3(7)8)2(6)4(9)10;;;;;;/h1-2,5-6H,(H,7,8)(H,9,10);;;;;;. The average Bonchev–Trinajstić information content (AvgIpc) is 1.84. The molecule has 0 aliphatic carbocycles. The molecule has 0 radical (unpaired) electrons. The second-order valence-corrected chi connectivity index (χ2v) is 1.57. The summed E-state index contributed by atoms with van der Waals surface area (Å²) in [5.41, 5.74) is 0. The molecule has 2 unspecified atom stereocenters. The summed E-state index contributed by atoms with van der Waals surface area (Å²) >= 11 is 0. The van der Waals surface area contributed by atoms with E-state index in [9.17, 15) is 9.59 Å². The van der Waals surface area contributed by atoms with Crippen LogP contribution in [0.3, 0.4) is 0 Å². The van der Waals surface area contributed by atoms with Crippen molar-refractivity contribution < 1.29 is 30.0 Å². The number of aliphatic carboxylic acids is 2. The Hall–Kier alpha value is 0.743. The monoisotopic (exact) mass is 386 g/mol. The summed E-state index contributed by atoms with van der Waals surface area (Å²) in [6, 6.07) is 0. The fourth-order valence-electron chi connectivity index (χ4n) is 0.270. The van der Waals surface area contributed by atoms with Crippen LogP contribution in [-0.2, 0) is 9.59 Å². The van der Waals surface area contributed by atoms with E-state index >= 15 is 0 Å². The molecule has 0 heterocycles. The molecule has 68 valence electrons. The Balaban J connectivity index is -0.000000405. The van der Waals surface area contributed by atoms with E-state index in [-0.39, 0.29) is 55.8 Å². The van der Waals surface area contributed by atoms with Gasteiger partial charge in [0.1, 0.15) is 0 Å². The van der Waals surface area contributed by atoms with Gasteiger partial charge in [-0.1, -0.05) is 0 Å². The molecule has 0 spiro atoms. The summed E-state index contributed by atoms with van der Waals surface area (Å²) in [6.07, 6.45) is -4.53. The van der Waals surface area contributed by atoms with E-state index in [1.54, 1.807) is 0 Å². The Morgan fingerprint density at radius 3 is 1.17 bits per heavy atom. The van der Waals surface area contributed by atoms with Gasteiger partial charge in [0.15, 0.2) is 12.2 Å². The second-order valence-electron chi connectivity index (χ2n) is 1.57. The Labute approximate surface area is 109 Å². The number of rotatable bonds is 3. The first-order valence-electron chi connectivity index (χ1n) is 2.28. The van der Waals surface area contributed by atoms with Gasteiger partial charge in [-0.25, -0.2) is 9.59 Å². The molecule has 8 heteroatoms. The Morgan fingerprint density at radius 2 is 1.08 bits per heavy atom. The van der Waals surface area contributed by atoms with Crippen LogP contribution in [0, 0.1) is 0 Å². The molecule has 0 fully saturated rings. The number of aliphatic hydroxyl groups is 2. The van der Waals surface area contributed by atoms with Crippen molar-refractivity contribution in [3.63, 3.8) is 0 Å². The molecular formula is C4H10BiNaO6. The van der Waals surface area contributed by atoms with Crippen molar-refractivity contribution >= 4 is 67.7 Å². The fourth-order valence-corrected chi connectivity index (χ4v) is 0.270. The molecule has 0 bridgehead atoms. The van der Waals surface area contributed by atoms with E-state index in [1.165, 1.54) is 0 Å². The summed E-state index contributed by atoms with van der Waals surface area (Å²) in [7, 11) is 0. The molecule has 4 N–H and O–H groups in total. The molecule has 0 aromatic heterocycles. The topological polar surface area (TPSA) is 115 Å². The predicted molar refractivity (Wildman–Crippen MR) is 44.4 cm³/mol. The quantitative estimate of drug-likeness (QED) is 0.368. The van der Waals surface area contributed by atoms with Crippen molar-refractivity contribution in [2.45, 2.75) is 12.2 Å². The van der Waals surface area contributed by atoms with Crippen molar-refractivity contribution in [1.82, 2.24) is 0 Å². The van der Waals surface area contributed by atoms with E-state index in [0.717, 1.165) is 0 Å². The molecular weight excluding hydrogens is 376 g/mol. The van der Waals surface area contributed by atoms with Gasteiger partial charge in [0.2, 0.25) is 0 Å². The van der Waals surface area contributed by atoms with Crippen LogP contribution >= 0.6 is 0 Å². The molecule has 0 aliphatic heterocycles. The Kier molecular flexibility index (Phi) is 12.9. The van der Waals surface area contributed by atoms with Gasteiger partial charge < -0.3 is 20.4 Å². The second kappa shape index (κ2) is 8.35. The molecule has 2 atom stereocenters. The summed E-state index contributed by atoms with van der Waals surface area (Å²) in [5.74, 6) is -3.54. The van der Waals surface area contributed by atoms with E-state index in [0.29, 0.717) is 0 Å². The summed E-state index contributed by atoms with van der Waals surface area (Å²) < 4.78 is 0. The van der Waals surface area contributed by atoms with Crippen molar-refractivity contribution in [1.29, 1.82) is 0 Å². The maximum atomic E-state index is 9.77. The van der Waals surface area contributed by atoms with Crippen molar-refractivity contribution in [3.05, 3.63) is 0 Å². The first-order valence-corrected chi connectivity index (χ1v) is 2.28.